The highest BCUT2D eigenvalue weighted by atomic mass is 35.5. The van der Waals surface area contributed by atoms with Crippen LogP contribution in [0.1, 0.15) is 24.2 Å². The molecule has 0 bridgehead atoms. The molecule has 20 heavy (non-hydrogen) atoms. The summed E-state index contributed by atoms with van der Waals surface area (Å²) >= 11 is 12.4. The van der Waals surface area contributed by atoms with Crippen molar-refractivity contribution in [1.82, 2.24) is 15.1 Å². The molecule has 2 aromatic heterocycles. The summed E-state index contributed by atoms with van der Waals surface area (Å²) in [5.41, 5.74) is 1.70. The maximum Gasteiger partial charge on any atom is 0.198 e. The lowest BCUT2D eigenvalue weighted by Crippen LogP contribution is -2.25. The first-order valence-corrected chi connectivity index (χ1v) is 7.11. The van der Waals surface area contributed by atoms with E-state index in [0.717, 1.165) is 17.8 Å². The number of methoxy groups -OCH3 is 1. The minimum absolute atomic E-state index is 0.168. The van der Waals surface area contributed by atoms with Gasteiger partial charge in [0.05, 0.1) is 42.4 Å². The SMILES string of the molecule is CCNC(c1ccoc1Cl)c1c(Cl)cnn1CCOC. The summed E-state index contributed by atoms with van der Waals surface area (Å²) in [6, 6.07) is 1.66. The van der Waals surface area contributed by atoms with Gasteiger partial charge in [-0.15, -0.1) is 0 Å². The van der Waals surface area contributed by atoms with E-state index in [0.29, 0.717) is 23.4 Å². The number of halogens is 2. The van der Waals surface area contributed by atoms with E-state index >= 15 is 0 Å². The Labute approximate surface area is 127 Å². The smallest absolute Gasteiger partial charge is 0.198 e. The molecule has 0 saturated carbocycles. The zero-order valence-corrected chi connectivity index (χ0v) is 12.9. The van der Waals surface area contributed by atoms with Crippen LogP contribution in [-0.4, -0.2) is 30.0 Å². The minimum atomic E-state index is -0.168. The fourth-order valence-electron chi connectivity index (χ4n) is 2.08. The van der Waals surface area contributed by atoms with Crippen molar-refractivity contribution in [2.75, 3.05) is 20.3 Å². The van der Waals surface area contributed by atoms with Gasteiger partial charge in [0.15, 0.2) is 5.22 Å². The first-order valence-electron chi connectivity index (χ1n) is 6.35. The molecule has 0 aliphatic heterocycles. The van der Waals surface area contributed by atoms with Gasteiger partial charge in [0.1, 0.15) is 0 Å². The van der Waals surface area contributed by atoms with Gasteiger partial charge in [-0.1, -0.05) is 18.5 Å². The third kappa shape index (κ3) is 3.17. The summed E-state index contributed by atoms with van der Waals surface area (Å²) in [5.74, 6) is 0. The van der Waals surface area contributed by atoms with Crippen LogP contribution in [0.25, 0.3) is 0 Å². The summed E-state index contributed by atoms with van der Waals surface area (Å²) in [6.07, 6.45) is 3.19. The van der Waals surface area contributed by atoms with E-state index in [1.54, 1.807) is 19.6 Å². The second kappa shape index (κ2) is 7.13. The average molecular weight is 318 g/mol. The minimum Gasteiger partial charge on any atom is -0.453 e. The predicted molar refractivity (Wildman–Crippen MR) is 78.4 cm³/mol. The Balaban J connectivity index is 2.39. The highest BCUT2D eigenvalue weighted by Gasteiger charge is 2.24. The summed E-state index contributed by atoms with van der Waals surface area (Å²) < 4.78 is 12.1. The third-order valence-electron chi connectivity index (χ3n) is 2.98. The number of aromatic nitrogens is 2. The number of furan rings is 1. The molecule has 1 N–H and O–H groups in total. The molecule has 0 fully saturated rings. The summed E-state index contributed by atoms with van der Waals surface area (Å²) in [5, 5.41) is 8.58. The van der Waals surface area contributed by atoms with Crippen LogP contribution in [0.15, 0.2) is 22.9 Å². The number of nitrogens with zero attached hydrogens (tertiary/aromatic N) is 2. The lowest BCUT2D eigenvalue weighted by molar-refractivity contribution is 0.182. The Morgan fingerprint density at radius 3 is 2.90 bits per heavy atom. The molecule has 0 spiro atoms. The Kier molecular flexibility index (Phi) is 5.48. The molecule has 2 aromatic rings. The fraction of sp³-hybridized carbons (Fsp3) is 0.462. The van der Waals surface area contributed by atoms with Crippen LogP contribution < -0.4 is 5.32 Å². The Bertz CT molecular complexity index is 554. The summed E-state index contributed by atoms with van der Waals surface area (Å²) in [7, 11) is 1.65. The first kappa shape index (κ1) is 15.4. The van der Waals surface area contributed by atoms with Crippen molar-refractivity contribution < 1.29 is 9.15 Å². The number of hydrogen-bond acceptors (Lipinski definition) is 4. The van der Waals surface area contributed by atoms with E-state index in [4.69, 9.17) is 32.4 Å². The number of ether oxygens (including phenoxy) is 1. The van der Waals surface area contributed by atoms with Crippen molar-refractivity contribution in [3.63, 3.8) is 0 Å². The quantitative estimate of drug-likeness (QED) is 0.852. The molecule has 110 valence electrons. The third-order valence-corrected chi connectivity index (χ3v) is 3.58. The lowest BCUT2D eigenvalue weighted by atomic mass is 10.1. The van der Waals surface area contributed by atoms with E-state index < -0.39 is 0 Å². The maximum atomic E-state index is 6.29. The zero-order valence-electron chi connectivity index (χ0n) is 11.4. The van der Waals surface area contributed by atoms with Gasteiger partial charge < -0.3 is 14.5 Å². The molecule has 2 rings (SSSR count). The largest absolute Gasteiger partial charge is 0.453 e. The number of rotatable bonds is 7. The molecular weight excluding hydrogens is 301 g/mol. The maximum absolute atomic E-state index is 6.29. The van der Waals surface area contributed by atoms with Crippen molar-refractivity contribution in [3.05, 3.63) is 40.0 Å². The molecule has 5 nitrogen and oxygen atoms in total. The number of nitrogens with one attached hydrogen (secondary N) is 1. The molecule has 2 heterocycles. The first-order chi connectivity index (χ1) is 9.69. The van der Waals surface area contributed by atoms with Gasteiger partial charge in [0.25, 0.3) is 0 Å². The number of hydrogen-bond donors (Lipinski definition) is 1. The van der Waals surface area contributed by atoms with Crippen molar-refractivity contribution in [3.8, 4) is 0 Å². The van der Waals surface area contributed by atoms with Crippen molar-refractivity contribution in [2.45, 2.75) is 19.5 Å². The average Bonchev–Trinajstić information content (AvgIpc) is 3.01. The normalized spacial score (nSPS) is 12.8. The lowest BCUT2D eigenvalue weighted by Gasteiger charge is -2.19. The van der Waals surface area contributed by atoms with E-state index in [1.165, 1.54) is 0 Å². The van der Waals surface area contributed by atoms with E-state index in [1.807, 2.05) is 17.7 Å². The molecule has 0 saturated heterocycles. The molecular formula is C13H17Cl2N3O2. The molecule has 0 radical (unpaired) electrons. The van der Waals surface area contributed by atoms with Gasteiger partial charge in [-0.25, -0.2) is 0 Å². The van der Waals surface area contributed by atoms with Gasteiger partial charge in [-0.05, 0) is 24.2 Å². The fourth-order valence-corrected chi connectivity index (χ4v) is 2.56. The topological polar surface area (TPSA) is 52.2 Å². The highest BCUT2D eigenvalue weighted by molar-refractivity contribution is 6.31. The molecule has 0 aliphatic carbocycles. The molecule has 0 amide bonds. The van der Waals surface area contributed by atoms with Crippen LogP contribution in [0.2, 0.25) is 10.2 Å². The second-order valence-corrected chi connectivity index (χ2v) is 4.98. The van der Waals surface area contributed by atoms with Crippen LogP contribution in [0.4, 0.5) is 0 Å². The molecule has 0 aromatic carbocycles. The molecule has 1 atom stereocenters. The Morgan fingerprint density at radius 2 is 2.30 bits per heavy atom. The standard InChI is InChI=1S/C13H17Cl2N3O2/c1-3-16-11(9-4-6-20-13(9)15)12-10(14)8-17-18(12)5-7-19-2/h4,6,8,11,16H,3,5,7H2,1-2H3. The second-order valence-electron chi connectivity index (χ2n) is 4.23. The van der Waals surface area contributed by atoms with Crippen LogP contribution in [0.3, 0.4) is 0 Å². The highest BCUT2D eigenvalue weighted by Crippen LogP contribution is 2.32. The van der Waals surface area contributed by atoms with Gasteiger partial charge >= 0.3 is 0 Å². The molecule has 0 aliphatic rings. The Hall–Kier alpha value is -1.01. The van der Waals surface area contributed by atoms with Crippen LogP contribution in [0.5, 0.6) is 0 Å². The van der Waals surface area contributed by atoms with Crippen molar-refractivity contribution in [2.24, 2.45) is 0 Å². The summed E-state index contributed by atoms with van der Waals surface area (Å²) in [6.45, 7) is 3.96. The van der Waals surface area contributed by atoms with Gasteiger partial charge in [0.2, 0.25) is 0 Å². The molecule has 1 unspecified atom stereocenters. The van der Waals surface area contributed by atoms with Crippen molar-refractivity contribution in [1.29, 1.82) is 0 Å². The monoisotopic (exact) mass is 317 g/mol. The summed E-state index contributed by atoms with van der Waals surface area (Å²) in [4.78, 5) is 0. The van der Waals surface area contributed by atoms with Gasteiger partial charge in [-0.2, -0.15) is 5.10 Å². The van der Waals surface area contributed by atoms with E-state index in [9.17, 15) is 0 Å². The van der Waals surface area contributed by atoms with Crippen LogP contribution in [0, 0.1) is 0 Å². The van der Waals surface area contributed by atoms with Crippen molar-refractivity contribution >= 4 is 23.2 Å². The van der Waals surface area contributed by atoms with E-state index in [2.05, 4.69) is 10.4 Å². The van der Waals surface area contributed by atoms with Crippen LogP contribution in [-0.2, 0) is 11.3 Å². The van der Waals surface area contributed by atoms with Gasteiger partial charge in [-0.3, -0.25) is 4.68 Å². The van der Waals surface area contributed by atoms with Gasteiger partial charge in [0, 0.05) is 12.7 Å². The predicted octanol–water partition coefficient (Wildman–Crippen LogP) is 3.13. The zero-order chi connectivity index (χ0) is 14.5. The molecule has 7 heteroatoms. The van der Waals surface area contributed by atoms with E-state index in [-0.39, 0.29) is 6.04 Å². The van der Waals surface area contributed by atoms with Crippen LogP contribution >= 0.6 is 23.2 Å². The Morgan fingerprint density at radius 1 is 1.50 bits per heavy atom.